The maximum absolute atomic E-state index is 14.2. The van der Waals surface area contributed by atoms with Gasteiger partial charge in [0.15, 0.2) is 15.8 Å². The number of rotatable bonds is 11. The second-order valence-electron chi connectivity index (χ2n) is 10.8. The number of nitrogens with zero attached hydrogens (tertiary/aromatic N) is 3. The number of anilines is 1. The standard InChI is InChI=1S/C34H32FN3O6S2/c1-4-14-43-26-13-10-20(17-27(26)42-5-2)29-28(30(39)21-11-12-25-23(16-21)15-19(3)44-25)31(40)32(41)38(29)33-36-37-34(46-33)45-18-22-8-6-7-9-24(22)35/h6-13,16-17,19,29,39H,4-5,14-15,18H2,1-3H3/t19-,29-/m1/s1. The summed E-state index contributed by atoms with van der Waals surface area (Å²) in [4.78, 5) is 28.8. The van der Waals surface area contributed by atoms with Crippen LogP contribution in [0.4, 0.5) is 9.52 Å². The third-order valence-corrected chi connectivity index (χ3v) is 9.67. The number of Topliss-reactive ketones (excluding diaryl/α,β-unsaturated/α-hetero) is 1. The summed E-state index contributed by atoms with van der Waals surface area (Å²) in [7, 11) is 0. The van der Waals surface area contributed by atoms with E-state index < -0.39 is 17.7 Å². The Labute approximate surface area is 274 Å². The molecule has 1 amide bonds. The van der Waals surface area contributed by atoms with E-state index in [4.69, 9.17) is 14.2 Å². The summed E-state index contributed by atoms with van der Waals surface area (Å²) in [5.41, 5.74) is 2.23. The first-order valence-electron chi connectivity index (χ1n) is 15.0. The summed E-state index contributed by atoms with van der Waals surface area (Å²) in [6.07, 6.45) is 1.45. The molecule has 46 heavy (non-hydrogen) atoms. The number of fused-ring (bicyclic) bond motifs is 1. The topological polar surface area (TPSA) is 111 Å². The van der Waals surface area contributed by atoms with Gasteiger partial charge < -0.3 is 19.3 Å². The number of carbonyl (C=O) groups excluding carboxylic acids is 2. The van der Waals surface area contributed by atoms with Crippen LogP contribution in [0.5, 0.6) is 17.2 Å². The molecule has 2 aliphatic heterocycles. The number of hydrogen-bond acceptors (Lipinski definition) is 10. The number of halogens is 1. The van der Waals surface area contributed by atoms with Crippen LogP contribution in [0.2, 0.25) is 0 Å². The zero-order chi connectivity index (χ0) is 32.4. The van der Waals surface area contributed by atoms with Crippen LogP contribution in [0.15, 0.2) is 70.6 Å². The number of benzene rings is 3. The average molecular weight is 662 g/mol. The lowest BCUT2D eigenvalue weighted by Crippen LogP contribution is -2.29. The quantitative estimate of drug-likeness (QED) is 0.0591. The number of thioether (sulfide) groups is 1. The van der Waals surface area contributed by atoms with E-state index >= 15 is 0 Å². The first-order chi connectivity index (χ1) is 22.3. The molecular weight excluding hydrogens is 630 g/mol. The fourth-order valence-electron chi connectivity index (χ4n) is 5.48. The van der Waals surface area contributed by atoms with Gasteiger partial charge in [-0.05, 0) is 73.4 Å². The summed E-state index contributed by atoms with van der Waals surface area (Å²) >= 11 is 2.38. The third kappa shape index (κ3) is 6.19. The minimum absolute atomic E-state index is 0.00810. The summed E-state index contributed by atoms with van der Waals surface area (Å²) in [6, 6.07) is 15.9. The van der Waals surface area contributed by atoms with Crippen molar-refractivity contribution in [2.24, 2.45) is 0 Å². The van der Waals surface area contributed by atoms with Crippen LogP contribution in [0.1, 0.15) is 55.5 Å². The van der Waals surface area contributed by atoms with Gasteiger partial charge in [0, 0.05) is 17.7 Å². The van der Waals surface area contributed by atoms with Crippen LogP contribution in [0.3, 0.4) is 0 Å². The Morgan fingerprint density at radius 1 is 1.09 bits per heavy atom. The fourth-order valence-corrected chi connectivity index (χ4v) is 7.33. The van der Waals surface area contributed by atoms with Gasteiger partial charge in [0.2, 0.25) is 5.13 Å². The monoisotopic (exact) mass is 661 g/mol. The molecule has 6 rings (SSSR count). The van der Waals surface area contributed by atoms with Gasteiger partial charge in [-0.15, -0.1) is 10.2 Å². The Hall–Kier alpha value is -4.42. The van der Waals surface area contributed by atoms with E-state index in [0.29, 0.717) is 57.9 Å². The van der Waals surface area contributed by atoms with E-state index in [1.807, 2.05) is 20.8 Å². The van der Waals surface area contributed by atoms with Crippen molar-refractivity contribution in [2.75, 3.05) is 18.1 Å². The van der Waals surface area contributed by atoms with Crippen molar-refractivity contribution < 1.29 is 33.3 Å². The lowest BCUT2D eigenvalue weighted by molar-refractivity contribution is -0.132. The Morgan fingerprint density at radius 2 is 1.91 bits per heavy atom. The summed E-state index contributed by atoms with van der Waals surface area (Å²) in [5, 5.41) is 20.4. The number of hydrogen-bond donors (Lipinski definition) is 1. The van der Waals surface area contributed by atoms with Crippen molar-refractivity contribution in [2.45, 2.75) is 55.9 Å². The van der Waals surface area contributed by atoms with Crippen LogP contribution in [-0.4, -0.2) is 46.3 Å². The zero-order valence-electron chi connectivity index (χ0n) is 25.5. The average Bonchev–Trinajstić information content (AvgIpc) is 3.74. The van der Waals surface area contributed by atoms with Gasteiger partial charge in [0.25, 0.3) is 5.78 Å². The van der Waals surface area contributed by atoms with Crippen molar-refractivity contribution in [3.63, 3.8) is 0 Å². The normalized spacial score (nSPS) is 18.5. The molecule has 4 aromatic rings. The van der Waals surface area contributed by atoms with Crippen LogP contribution in [-0.2, 0) is 21.8 Å². The van der Waals surface area contributed by atoms with Crippen LogP contribution in [0.25, 0.3) is 5.76 Å². The maximum atomic E-state index is 14.2. The van der Waals surface area contributed by atoms with Gasteiger partial charge >= 0.3 is 5.91 Å². The fraction of sp³-hybridized carbons (Fsp3) is 0.294. The molecule has 1 aromatic heterocycles. The predicted octanol–water partition coefficient (Wildman–Crippen LogP) is 7.11. The molecule has 0 radical (unpaired) electrons. The molecule has 238 valence electrons. The molecule has 1 fully saturated rings. The third-order valence-electron chi connectivity index (χ3n) is 7.57. The predicted molar refractivity (Wildman–Crippen MR) is 174 cm³/mol. The second kappa shape index (κ2) is 13.5. The van der Waals surface area contributed by atoms with Gasteiger partial charge in [-0.2, -0.15) is 0 Å². The minimum Gasteiger partial charge on any atom is -0.507 e. The van der Waals surface area contributed by atoms with Crippen molar-refractivity contribution in [3.8, 4) is 17.2 Å². The van der Waals surface area contributed by atoms with Crippen LogP contribution in [0, 0.1) is 5.82 Å². The SMILES string of the molecule is CCCOc1ccc([C@@H]2C(=C(O)c3ccc4c(c3)C[C@@H](C)O4)C(=O)C(=O)N2c2nnc(SCc3ccccc3F)s2)cc1OCC. The molecule has 0 unspecified atom stereocenters. The first-order valence-corrected chi connectivity index (χ1v) is 16.8. The van der Waals surface area contributed by atoms with Gasteiger partial charge in [0.05, 0.1) is 24.8 Å². The molecule has 1 saturated heterocycles. The van der Waals surface area contributed by atoms with E-state index in [2.05, 4.69) is 10.2 Å². The number of amides is 1. The summed E-state index contributed by atoms with van der Waals surface area (Å²) in [5.74, 6) is -0.337. The number of aliphatic hydroxyl groups excluding tert-OH is 1. The number of ether oxygens (including phenoxy) is 3. The van der Waals surface area contributed by atoms with Gasteiger partial charge in [-0.25, -0.2) is 4.39 Å². The first kappa shape index (κ1) is 31.6. The maximum Gasteiger partial charge on any atom is 0.301 e. The van der Waals surface area contributed by atoms with Crippen molar-refractivity contribution in [1.82, 2.24) is 10.2 Å². The molecule has 3 aromatic carbocycles. The smallest absolute Gasteiger partial charge is 0.301 e. The molecule has 0 aliphatic carbocycles. The molecule has 9 nitrogen and oxygen atoms in total. The molecule has 2 atom stereocenters. The number of carbonyl (C=O) groups is 2. The Morgan fingerprint density at radius 3 is 2.70 bits per heavy atom. The number of aromatic nitrogens is 2. The second-order valence-corrected chi connectivity index (χ2v) is 13.0. The highest BCUT2D eigenvalue weighted by atomic mass is 32.2. The van der Waals surface area contributed by atoms with Crippen LogP contribution >= 0.6 is 23.1 Å². The molecule has 0 saturated carbocycles. The lowest BCUT2D eigenvalue weighted by Gasteiger charge is -2.23. The van der Waals surface area contributed by atoms with Crippen molar-refractivity contribution >= 4 is 45.7 Å². The van der Waals surface area contributed by atoms with Crippen molar-refractivity contribution in [1.29, 1.82) is 0 Å². The molecule has 3 heterocycles. The number of ketones is 1. The molecule has 0 spiro atoms. The zero-order valence-corrected chi connectivity index (χ0v) is 27.1. The van der Waals surface area contributed by atoms with Gasteiger partial charge in [0.1, 0.15) is 23.4 Å². The van der Waals surface area contributed by atoms with Gasteiger partial charge in [-0.3, -0.25) is 14.5 Å². The lowest BCUT2D eigenvalue weighted by atomic mass is 9.94. The Bertz CT molecular complexity index is 1830. The van der Waals surface area contributed by atoms with E-state index in [1.54, 1.807) is 54.6 Å². The Kier molecular flexibility index (Phi) is 9.27. The molecule has 2 aliphatic rings. The highest BCUT2D eigenvalue weighted by molar-refractivity contribution is 8.00. The largest absolute Gasteiger partial charge is 0.507 e. The van der Waals surface area contributed by atoms with Gasteiger partial charge in [-0.1, -0.05) is 54.3 Å². The highest BCUT2D eigenvalue weighted by Crippen LogP contribution is 2.46. The Balaban J connectivity index is 1.43. The summed E-state index contributed by atoms with van der Waals surface area (Å²) in [6.45, 7) is 6.65. The molecule has 0 bridgehead atoms. The van der Waals surface area contributed by atoms with E-state index in [0.717, 1.165) is 29.1 Å². The van der Waals surface area contributed by atoms with Crippen molar-refractivity contribution in [3.05, 3.63) is 94.3 Å². The molecule has 1 N–H and O–H groups in total. The highest BCUT2D eigenvalue weighted by Gasteiger charge is 2.48. The van der Waals surface area contributed by atoms with E-state index in [-0.39, 0.29) is 28.4 Å². The minimum atomic E-state index is -1.04. The molecular formula is C34H32FN3O6S2. The van der Waals surface area contributed by atoms with Crippen LogP contribution < -0.4 is 19.1 Å². The van der Waals surface area contributed by atoms with E-state index in [1.165, 1.54) is 22.7 Å². The molecule has 12 heteroatoms. The number of aliphatic hydroxyl groups is 1. The summed E-state index contributed by atoms with van der Waals surface area (Å²) < 4.78 is 32.3. The van der Waals surface area contributed by atoms with E-state index in [9.17, 15) is 19.1 Å².